The van der Waals surface area contributed by atoms with Crippen LogP contribution in [0.2, 0.25) is 0 Å². The summed E-state index contributed by atoms with van der Waals surface area (Å²) in [5.41, 5.74) is 17.9. The van der Waals surface area contributed by atoms with Gasteiger partial charge in [0.05, 0.1) is 0 Å². The Morgan fingerprint density at radius 3 is 1.17 bits per heavy atom. The molecule has 0 bridgehead atoms. The highest BCUT2D eigenvalue weighted by atomic mass is 32.3. The van der Waals surface area contributed by atoms with Gasteiger partial charge in [-0.15, -0.1) is 0 Å². The van der Waals surface area contributed by atoms with Crippen LogP contribution in [0.5, 0.6) is 0 Å². The fourth-order valence-electron chi connectivity index (χ4n) is 0.653. The lowest BCUT2D eigenvalue weighted by Gasteiger charge is -2.17. The minimum Gasteiger partial charge on any atom is -0.759 e. The summed E-state index contributed by atoms with van der Waals surface area (Å²) in [6.45, 7) is 9.07. The van der Waals surface area contributed by atoms with E-state index in [9.17, 15) is 0 Å². The van der Waals surface area contributed by atoms with Crippen molar-refractivity contribution >= 4 is 45.1 Å². The van der Waals surface area contributed by atoms with Crippen molar-refractivity contribution < 1.29 is 29.0 Å². The zero-order valence-electron chi connectivity index (χ0n) is 13.8. The number of nitrogens with two attached hydrogens (primary N) is 2. The highest BCUT2D eigenvalue weighted by Gasteiger charge is 2.10. The van der Waals surface area contributed by atoms with Gasteiger partial charge in [-0.1, -0.05) is 0 Å². The average Bonchev–Trinajstić information content (AvgIpc) is 2.20. The van der Waals surface area contributed by atoms with Crippen LogP contribution in [-0.2, 0) is 10.4 Å². The maximum atomic E-state index is 8.52. The largest absolute Gasteiger partial charge is 0.759 e. The van der Waals surface area contributed by atoms with E-state index in [2.05, 4.69) is 46.5 Å². The fraction of sp³-hybridized carbons (Fsp3) is 0.800. The van der Waals surface area contributed by atoms with Gasteiger partial charge in [0.1, 0.15) is 0 Å². The van der Waals surface area contributed by atoms with Crippen molar-refractivity contribution in [3.63, 3.8) is 0 Å². The normalized spacial score (nSPS) is 11.2. The molecule has 23 heavy (non-hydrogen) atoms. The van der Waals surface area contributed by atoms with Gasteiger partial charge < -0.3 is 42.7 Å². The van der Waals surface area contributed by atoms with Crippen molar-refractivity contribution in [3.05, 3.63) is 0 Å². The fourth-order valence-corrected chi connectivity index (χ4v) is 0.797. The molecule has 0 radical (unpaired) electrons. The molecule has 0 amide bonds. The van der Waals surface area contributed by atoms with E-state index in [-0.39, 0.29) is 11.1 Å². The van der Waals surface area contributed by atoms with Crippen LogP contribution in [0.15, 0.2) is 0 Å². The van der Waals surface area contributed by atoms with Gasteiger partial charge in [0.2, 0.25) is 0 Å². The predicted molar refractivity (Wildman–Crippen MR) is 94.0 cm³/mol. The molecule has 0 fully saturated rings. The van der Waals surface area contributed by atoms with E-state index in [1.165, 1.54) is 0 Å². The van der Waals surface area contributed by atoms with E-state index in [1.807, 2.05) is 27.7 Å². The smallest absolute Gasteiger partial charge is 0.264 e. The maximum Gasteiger partial charge on any atom is 0.264 e. The SMILES string of the molecule is CC(C)(N)CNC([NH3+])=S.CC(C)(N)CNC([NH3+])=S.O=S(=O)([O-])[O-]. The van der Waals surface area contributed by atoms with Gasteiger partial charge >= 0.3 is 0 Å². The third kappa shape index (κ3) is 61.8. The Hall–Kier alpha value is -0.510. The molecule has 0 aromatic carbocycles. The quantitative estimate of drug-likeness (QED) is 0.157. The maximum absolute atomic E-state index is 8.52. The molecule has 0 saturated heterocycles. The standard InChI is InChI=1S/2C5H13N3S.H2O4S/c2*1-5(2,7)3-8-4(6)9;1-5(2,3)4/h2*3,7H2,1-2H3,(H3,6,8,9);(H2,1,2,3,4). The second kappa shape index (κ2) is 11.9. The minimum absolute atomic E-state index is 0.207. The molecule has 0 saturated carbocycles. The Labute approximate surface area is 148 Å². The molecule has 0 aliphatic heterocycles. The molecule has 0 atom stereocenters. The van der Waals surface area contributed by atoms with Gasteiger partial charge in [-0.25, -0.2) is 0 Å². The van der Waals surface area contributed by atoms with Crippen LogP contribution in [0.25, 0.3) is 0 Å². The molecule has 0 aromatic heterocycles. The first kappa shape index (κ1) is 27.3. The second-order valence-electron chi connectivity index (χ2n) is 5.94. The summed E-state index contributed by atoms with van der Waals surface area (Å²) in [4.78, 5) is 0. The first-order valence-corrected chi connectivity index (χ1v) is 8.42. The number of hydrogen-bond donors (Lipinski definition) is 6. The minimum atomic E-state index is -5.17. The topological polar surface area (TPSA) is 212 Å². The lowest BCUT2D eigenvalue weighted by Crippen LogP contribution is -2.64. The molecule has 0 spiro atoms. The number of thiocarbonyl (C=S) groups is 2. The molecule has 13 heteroatoms. The highest BCUT2D eigenvalue weighted by Crippen LogP contribution is 1.91. The molecule has 12 N–H and O–H groups in total. The molecule has 0 unspecified atom stereocenters. The molecular formula is C10H28N6O4S3. The van der Waals surface area contributed by atoms with Crippen molar-refractivity contribution in [2.75, 3.05) is 13.1 Å². The van der Waals surface area contributed by atoms with Crippen LogP contribution in [0.3, 0.4) is 0 Å². The summed E-state index contributed by atoms with van der Waals surface area (Å²) < 4.78 is 34.1. The van der Waals surface area contributed by atoms with Gasteiger partial charge in [0.15, 0.2) is 0 Å². The van der Waals surface area contributed by atoms with Crippen molar-refractivity contribution in [1.29, 1.82) is 0 Å². The molecule has 140 valence electrons. The van der Waals surface area contributed by atoms with Gasteiger partial charge in [-0.3, -0.25) is 8.42 Å². The van der Waals surface area contributed by atoms with Crippen LogP contribution in [-0.4, -0.2) is 51.9 Å². The van der Waals surface area contributed by atoms with E-state index in [4.69, 9.17) is 29.0 Å². The van der Waals surface area contributed by atoms with Gasteiger partial charge in [0, 0.05) is 59.0 Å². The zero-order valence-corrected chi connectivity index (χ0v) is 16.3. The van der Waals surface area contributed by atoms with Crippen LogP contribution in [0.1, 0.15) is 27.7 Å². The van der Waals surface area contributed by atoms with Gasteiger partial charge in [-0.2, -0.15) is 0 Å². The summed E-state index contributed by atoms with van der Waals surface area (Å²) >= 11 is 9.37. The molecule has 0 aromatic rings. The summed E-state index contributed by atoms with van der Waals surface area (Å²) in [7, 11) is -5.17. The Kier molecular flexibility index (Phi) is 14.2. The van der Waals surface area contributed by atoms with E-state index in [0.717, 1.165) is 0 Å². The Morgan fingerprint density at radius 2 is 1.13 bits per heavy atom. The van der Waals surface area contributed by atoms with Crippen molar-refractivity contribution in [1.82, 2.24) is 10.6 Å². The van der Waals surface area contributed by atoms with E-state index in [1.54, 1.807) is 0 Å². The summed E-state index contributed by atoms with van der Waals surface area (Å²) in [5, 5.41) is 6.86. The lowest BCUT2D eigenvalue weighted by atomic mass is 10.1. The summed E-state index contributed by atoms with van der Waals surface area (Å²) in [5.74, 6) is 0. The Bertz CT molecular complexity index is 420. The third-order valence-electron chi connectivity index (χ3n) is 1.48. The van der Waals surface area contributed by atoms with E-state index < -0.39 is 10.4 Å². The summed E-state index contributed by atoms with van der Waals surface area (Å²) in [6, 6.07) is 0. The molecule has 0 aliphatic rings. The molecule has 0 heterocycles. The monoisotopic (exact) mass is 392 g/mol. The Balaban J connectivity index is -0.000000273. The number of quaternary nitrogens is 2. The number of hydrogen-bond acceptors (Lipinski definition) is 8. The number of rotatable bonds is 4. The van der Waals surface area contributed by atoms with Gasteiger partial charge in [0.25, 0.3) is 10.2 Å². The van der Waals surface area contributed by atoms with Crippen molar-refractivity contribution in [2.24, 2.45) is 11.5 Å². The Morgan fingerprint density at radius 1 is 0.957 bits per heavy atom. The zero-order chi connectivity index (χ0) is 19.5. The molecule has 0 aliphatic carbocycles. The average molecular weight is 393 g/mol. The van der Waals surface area contributed by atoms with Gasteiger partial charge in [-0.05, 0) is 27.7 Å². The lowest BCUT2D eigenvalue weighted by molar-refractivity contribution is -0.216. The highest BCUT2D eigenvalue weighted by molar-refractivity contribution is 7.80. The first-order valence-electron chi connectivity index (χ1n) is 6.27. The van der Waals surface area contributed by atoms with E-state index >= 15 is 0 Å². The van der Waals surface area contributed by atoms with E-state index in [0.29, 0.717) is 23.3 Å². The summed E-state index contributed by atoms with van der Waals surface area (Å²) in [6.07, 6.45) is 0. The molecule has 0 rings (SSSR count). The van der Waals surface area contributed by atoms with Crippen LogP contribution in [0, 0.1) is 0 Å². The number of nitrogens with one attached hydrogen (secondary N) is 2. The van der Waals surface area contributed by atoms with Crippen LogP contribution >= 0.6 is 24.4 Å². The first-order chi connectivity index (χ1) is 9.83. The van der Waals surface area contributed by atoms with Crippen molar-refractivity contribution in [3.8, 4) is 0 Å². The second-order valence-corrected chi connectivity index (χ2v) is 7.74. The predicted octanol–water partition coefficient (Wildman–Crippen LogP) is -3.66. The van der Waals surface area contributed by atoms with Crippen molar-refractivity contribution in [2.45, 2.75) is 38.8 Å². The van der Waals surface area contributed by atoms with Crippen LogP contribution < -0.4 is 33.6 Å². The molecule has 10 nitrogen and oxygen atoms in total. The van der Waals surface area contributed by atoms with Crippen LogP contribution in [0.4, 0.5) is 0 Å². The molecular weight excluding hydrogens is 364 g/mol. The third-order valence-corrected chi connectivity index (χ3v) is 1.77.